The number of hydrogen-bond donors (Lipinski definition) is 1. The fraction of sp³-hybridized carbons (Fsp3) is 0.263. The van der Waals surface area contributed by atoms with Crippen molar-refractivity contribution >= 4 is 10.9 Å². The Hall–Kier alpha value is -2.06. The molecule has 21 heavy (non-hydrogen) atoms. The lowest BCUT2D eigenvalue weighted by atomic mass is 9.77. The Morgan fingerprint density at radius 2 is 1.90 bits per heavy atom. The van der Waals surface area contributed by atoms with Crippen LogP contribution in [0.5, 0.6) is 0 Å². The Morgan fingerprint density at radius 3 is 2.81 bits per heavy atom. The number of fused-ring (bicyclic) bond motifs is 2. The molecule has 1 atom stereocenters. The largest absolute Gasteiger partial charge is 0.350 e. The molecular formula is C19H20N2. The summed E-state index contributed by atoms with van der Waals surface area (Å²) in [6.07, 6.45) is 3.46. The second-order valence-electron chi connectivity index (χ2n) is 6.01. The van der Waals surface area contributed by atoms with E-state index in [4.69, 9.17) is 0 Å². The van der Waals surface area contributed by atoms with E-state index in [0.29, 0.717) is 5.92 Å². The van der Waals surface area contributed by atoms with Crippen LogP contribution in [0.2, 0.25) is 0 Å². The summed E-state index contributed by atoms with van der Waals surface area (Å²) in [7, 11) is 2.12. The molecule has 0 fully saturated rings. The van der Waals surface area contributed by atoms with Crippen LogP contribution in [0, 0.1) is 0 Å². The second kappa shape index (κ2) is 5.05. The summed E-state index contributed by atoms with van der Waals surface area (Å²) in [6, 6.07) is 17.4. The van der Waals surface area contributed by atoms with Crippen LogP contribution < -0.4 is 5.32 Å². The van der Waals surface area contributed by atoms with Crippen LogP contribution in [0.1, 0.15) is 22.6 Å². The van der Waals surface area contributed by atoms with Crippen molar-refractivity contribution in [1.29, 1.82) is 0 Å². The van der Waals surface area contributed by atoms with E-state index in [1.807, 2.05) is 0 Å². The normalized spacial score (nSPS) is 16.7. The molecule has 3 aromatic rings. The average molecular weight is 276 g/mol. The van der Waals surface area contributed by atoms with E-state index < -0.39 is 0 Å². The van der Waals surface area contributed by atoms with Crippen LogP contribution in [0.3, 0.4) is 0 Å². The maximum atomic E-state index is 3.64. The Labute approximate surface area is 125 Å². The van der Waals surface area contributed by atoms with Crippen molar-refractivity contribution in [3.8, 4) is 0 Å². The smallest absolute Gasteiger partial charge is 0.0481 e. The quantitative estimate of drug-likeness (QED) is 0.770. The highest BCUT2D eigenvalue weighted by molar-refractivity contribution is 5.83. The molecule has 106 valence electrons. The fourth-order valence-electron chi connectivity index (χ4n) is 3.49. The molecule has 0 amide bonds. The van der Waals surface area contributed by atoms with Crippen molar-refractivity contribution in [1.82, 2.24) is 9.88 Å². The Morgan fingerprint density at radius 1 is 1.10 bits per heavy atom. The van der Waals surface area contributed by atoms with E-state index in [1.54, 1.807) is 0 Å². The van der Waals surface area contributed by atoms with Gasteiger partial charge in [0.1, 0.15) is 0 Å². The predicted molar refractivity (Wildman–Crippen MR) is 87.5 cm³/mol. The minimum atomic E-state index is 0.691. The first-order chi connectivity index (χ1) is 10.3. The molecule has 0 bridgehead atoms. The number of aromatic nitrogens is 1. The molecule has 1 heterocycles. The second-order valence-corrected chi connectivity index (χ2v) is 6.01. The molecule has 2 nitrogen and oxygen atoms in total. The molecule has 4 rings (SSSR count). The van der Waals surface area contributed by atoms with E-state index in [2.05, 4.69) is 71.7 Å². The number of hydrogen-bond acceptors (Lipinski definition) is 1. The molecule has 0 radical (unpaired) electrons. The van der Waals surface area contributed by atoms with E-state index >= 15 is 0 Å². The molecule has 1 aliphatic rings. The summed E-state index contributed by atoms with van der Waals surface area (Å²) in [5.74, 6) is 0.691. The summed E-state index contributed by atoms with van der Waals surface area (Å²) < 4.78 is 2.21. The van der Waals surface area contributed by atoms with Crippen LogP contribution >= 0.6 is 0 Å². The van der Waals surface area contributed by atoms with Crippen molar-refractivity contribution in [3.63, 3.8) is 0 Å². The van der Waals surface area contributed by atoms with E-state index in [9.17, 15) is 0 Å². The molecule has 2 heteroatoms. The van der Waals surface area contributed by atoms with Crippen molar-refractivity contribution in [2.24, 2.45) is 7.05 Å². The fourth-order valence-corrected chi connectivity index (χ4v) is 3.49. The van der Waals surface area contributed by atoms with Gasteiger partial charge in [-0.2, -0.15) is 0 Å². The lowest BCUT2D eigenvalue weighted by Crippen LogP contribution is -2.28. The molecule has 1 unspecified atom stereocenters. The zero-order valence-electron chi connectivity index (χ0n) is 12.3. The van der Waals surface area contributed by atoms with Crippen molar-refractivity contribution < 1.29 is 0 Å². The van der Waals surface area contributed by atoms with Crippen molar-refractivity contribution in [2.75, 3.05) is 6.54 Å². The lowest BCUT2D eigenvalue weighted by molar-refractivity contribution is 0.536. The first-order valence-corrected chi connectivity index (χ1v) is 7.64. The number of aryl methyl sites for hydroxylation is 1. The maximum Gasteiger partial charge on any atom is 0.0481 e. The number of rotatable bonds is 4. The van der Waals surface area contributed by atoms with Crippen LogP contribution in [0.15, 0.2) is 54.7 Å². The van der Waals surface area contributed by atoms with Gasteiger partial charge in [-0.1, -0.05) is 42.5 Å². The standard InChI is InChI=1S/C19H20N2/c1-21-13-16(18-8-4-5-9-19(18)21)12-20-11-15-10-14-6-2-3-7-17(14)15/h2-9,13,15,20H,10-12H2,1H3. The molecule has 0 aliphatic heterocycles. The summed E-state index contributed by atoms with van der Waals surface area (Å²) in [5, 5.41) is 5.00. The molecule has 1 aromatic heterocycles. The number of benzene rings is 2. The molecule has 1 aliphatic carbocycles. The molecule has 0 saturated heterocycles. The van der Waals surface area contributed by atoms with Gasteiger partial charge in [-0.05, 0) is 29.2 Å². The SMILES string of the molecule is Cn1cc(CNCC2Cc3ccccc32)c2ccccc21. The molecule has 2 aromatic carbocycles. The summed E-state index contributed by atoms with van der Waals surface area (Å²) in [5.41, 5.74) is 5.75. The summed E-state index contributed by atoms with van der Waals surface area (Å²) >= 11 is 0. The van der Waals surface area contributed by atoms with E-state index in [1.165, 1.54) is 34.0 Å². The monoisotopic (exact) mass is 276 g/mol. The minimum Gasteiger partial charge on any atom is -0.350 e. The molecule has 1 N–H and O–H groups in total. The van der Waals surface area contributed by atoms with Crippen molar-refractivity contribution in [3.05, 3.63) is 71.4 Å². The van der Waals surface area contributed by atoms with Gasteiger partial charge in [-0.25, -0.2) is 0 Å². The zero-order chi connectivity index (χ0) is 14.2. The average Bonchev–Trinajstić information content (AvgIpc) is 2.81. The Balaban J connectivity index is 1.43. The Bertz CT molecular complexity index is 785. The van der Waals surface area contributed by atoms with Crippen LogP contribution in [0.4, 0.5) is 0 Å². The number of nitrogens with one attached hydrogen (secondary N) is 1. The highest BCUT2D eigenvalue weighted by Crippen LogP contribution is 2.34. The lowest BCUT2D eigenvalue weighted by Gasteiger charge is -2.30. The van der Waals surface area contributed by atoms with E-state index in [0.717, 1.165) is 13.1 Å². The van der Waals surface area contributed by atoms with Crippen LogP contribution in [-0.4, -0.2) is 11.1 Å². The van der Waals surface area contributed by atoms with Gasteiger partial charge in [0.15, 0.2) is 0 Å². The maximum absolute atomic E-state index is 3.64. The van der Waals surface area contributed by atoms with Gasteiger partial charge >= 0.3 is 0 Å². The van der Waals surface area contributed by atoms with Gasteiger partial charge in [0.25, 0.3) is 0 Å². The molecule has 0 spiro atoms. The van der Waals surface area contributed by atoms with Crippen molar-refractivity contribution in [2.45, 2.75) is 18.9 Å². The third-order valence-corrected chi connectivity index (χ3v) is 4.65. The first-order valence-electron chi connectivity index (χ1n) is 7.64. The van der Waals surface area contributed by atoms with Gasteiger partial charge in [-0.3, -0.25) is 0 Å². The topological polar surface area (TPSA) is 17.0 Å². The first kappa shape index (κ1) is 12.7. The summed E-state index contributed by atoms with van der Waals surface area (Å²) in [4.78, 5) is 0. The van der Waals surface area contributed by atoms with Crippen LogP contribution in [-0.2, 0) is 20.0 Å². The van der Waals surface area contributed by atoms with Gasteiger partial charge in [0.2, 0.25) is 0 Å². The third kappa shape index (κ3) is 2.16. The van der Waals surface area contributed by atoms with Gasteiger partial charge < -0.3 is 9.88 Å². The molecular weight excluding hydrogens is 256 g/mol. The third-order valence-electron chi connectivity index (χ3n) is 4.65. The van der Waals surface area contributed by atoms with Gasteiger partial charge in [0, 0.05) is 43.2 Å². The van der Waals surface area contributed by atoms with Gasteiger partial charge in [0.05, 0.1) is 0 Å². The predicted octanol–water partition coefficient (Wildman–Crippen LogP) is 3.61. The highest BCUT2D eigenvalue weighted by atomic mass is 14.9. The number of para-hydroxylation sites is 1. The molecule has 0 saturated carbocycles. The van der Waals surface area contributed by atoms with Crippen LogP contribution in [0.25, 0.3) is 10.9 Å². The zero-order valence-corrected chi connectivity index (χ0v) is 12.3. The Kier molecular flexibility index (Phi) is 3.04. The summed E-state index contributed by atoms with van der Waals surface area (Å²) in [6.45, 7) is 2.01. The van der Waals surface area contributed by atoms with Gasteiger partial charge in [-0.15, -0.1) is 0 Å². The minimum absolute atomic E-state index is 0.691. The van der Waals surface area contributed by atoms with E-state index in [-0.39, 0.29) is 0 Å². The highest BCUT2D eigenvalue weighted by Gasteiger charge is 2.24. The number of nitrogens with zero attached hydrogens (tertiary/aromatic N) is 1.